The van der Waals surface area contributed by atoms with Gasteiger partial charge < -0.3 is 9.64 Å². The molecular weight excluding hydrogens is 340 g/mol. The molecule has 0 spiro atoms. The van der Waals surface area contributed by atoms with E-state index in [1.807, 2.05) is 38.1 Å². The van der Waals surface area contributed by atoms with Gasteiger partial charge in [-0.25, -0.2) is 0 Å². The van der Waals surface area contributed by atoms with Gasteiger partial charge in [-0.2, -0.15) is 0 Å². The second-order valence-corrected chi connectivity index (χ2v) is 7.76. The zero-order chi connectivity index (χ0) is 19.4. The molecule has 0 saturated carbocycles. The first kappa shape index (κ1) is 19.5. The zero-order valence-electron chi connectivity index (χ0n) is 16.7. The Hall–Kier alpha value is -2.30. The summed E-state index contributed by atoms with van der Waals surface area (Å²) in [6.07, 6.45) is 4.25. The molecule has 0 N–H and O–H groups in total. The van der Waals surface area contributed by atoms with Crippen LogP contribution >= 0.6 is 0 Å². The standard InChI is InChI=1S/C22H30N2O3/c1-4-14-27-18-10-8-17(9-11-18)19-20(23-12-6-5-7-13-23)22(26)24(21(19)25)15-16(2)3/h8-11,16H,4-7,12-15H2,1-3H3. The lowest BCUT2D eigenvalue weighted by Gasteiger charge is -2.29. The summed E-state index contributed by atoms with van der Waals surface area (Å²) in [5.41, 5.74) is 1.93. The van der Waals surface area contributed by atoms with Gasteiger partial charge in [0.2, 0.25) is 0 Å². The van der Waals surface area contributed by atoms with Gasteiger partial charge in [0.1, 0.15) is 11.4 Å². The third-order valence-electron chi connectivity index (χ3n) is 4.98. The van der Waals surface area contributed by atoms with Crippen molar-refractivity contribution in [3.8, 4) is 5.75 Å². The van der Waals surface area contributed by atoms with Crippen molar-refractivity contribution in [1.82, 2.24) is 9.80 Å². The lowest BCUT2D eigenvalue weighted by molar-refractivity contribution is -0.138. The molecule has 2 amide bonds. The Morgan fingerprint density at radius 3 is 2.26 bits per heavy atom. The van der Waals surface area contributed by atoms with Crippen LogP contribution in [-0.2, 0) is 9.59 Å². The molecule has 0 atom stereocenters. The lowest BCUT2D eigenvalue weighted by Crippen LogP contribution is -2.38. The highest BCUT2D eigenvalue weighted by Crippen LogP contribution is 2.34. The van der Waals surface area contributed by atoms with E-state index in [1.165, 1.54) is 11.3 Å². The van der Waals surface area contributed by atoms with E-state index in [0.29, 0.717) is 24.4 Å². The smallest absolute Gasteiger partial charge is 0.277 e. The van der Waals surface area contributed by atoms with E-state index in [4.69, 9.17) is 4.74 Å². The molecule has 3 rings (SSSR count). The fraction of sp³-hybridized carbons (Fsp3) is 0.545. The largest absolute Gasteiger partial charge is 0.494 e. The van der Waals surface area contributed by atoms with Crippen LogP contribution in [0.3, 0.4) is 0 Å². The van der Waals surface area contributed by atoms with Crippen molar-refractivity contribution >= 4 is 17.4 Å². The fourth-order valence-corrected chi connectivity index (χ4v) is 3.70. The molecule has 1 aromatic rings. The Labute approximate surface area is 162 Å². The van der Waals surface area contributed by atoms with Crippen molar-refractivity contribution in [2.24, 2.45) is 5.92 Å². The van der Waals surface area contributed by atoms with Crippen LogP contribution in [0.5, 0.6) is 5.75 Å². The molecule has 1 aromatic carbocycles. The van der Waals surface area contributed by atoms with Crippen LogP contribution in [0.1, 0.15) is 52.0 Å². The Kier molecular flexibility index (Phi) is 6.19. The molecule has 0 aliphatic carbocycles. The van der Waals surface area contributed by atoms with Crippen LogP contribution in [0, 0.1) is 5.92 Å². The first-order chi connectivity index (χ1) is 13.0. The van der Waals surface area contributed by atoms with Gasteiger partial charge in [0, 0.05) is 19.6 Å². The second-order valence-electron chi connectivity index (χ2n) is 7.76. The van der Waals surface area contributed by atoms with Crippen molar-refractivity contribution in [1.29, 1.82) is 0 Å². The summed E-state index contributed by atoms with van der Waals surface area (Å²) >= 11 is 0. The number of imide groups is 1. The highest BCUT2D eigenvalue weighted by Gasteiger charge is 2.41. The third kappa shape index (κ3) is 4.18. The molecular formula is C22H30N2O3. The molecule has 146 valence electrons. The van der Waals surface area contributed by atoms with Crippen LogP contribution in [0.25, 0.3) is 5.57 Å². The number of nitrogens with zero attached hydrogens (tertiary/aromatic N) is 2. The van der Waals surface area contributed by atoms with Crippen LogP contribution < -0.4 is 4.74 Å². The number of carbonyl (C=O) groups is 2. The summed E-state index contributed by atoms with van der Waals surface area (Å²) in [5.74, 6) is 0.717. The minimum atomic E-state index is -0.170. The van der Waals surface area contributed by atoms with E-state index in [0.717, 1.165) is 43.7 Å². The Morgan fingerprint density at radius 2 is 1.67 bits per heavy atom. The number of likely N-dealkylation sites (tertiary alicyclic amines) is 1. The summed E-state index contributed by atoms with van der Waals surface area (Å²) in [5, 5.41) is 0. The predicted octanol–water partition coefficient (Wildman–Crippen LogP) is 3.70. The average molecular weight is 370 g/mol. The number of benzene rings is 1. The van der Waals surface area contributed by atoms with Crippen LogP contribution in [0.2, 0.25) is 0 Å². The van der Waals surface area contributed by atoms with Gasteiger partial charge in [-0.1, -0.05) is 32.9 Å². The maximum atomic E-state index is 13.2. The molecule has 0 aromatic heterocycles. The number of rotatable bonds is 7. The molecule has 5 nitrogen and oxygen atoms in total. The van der Waals surface area contributed by atoms with Crippen molar-refractivity contribution in [3.05, 3.63) is 35.5 Å². The van der Waals surface area contributed by atoms with Crippen LogP contribution in [0.4, 0.5) is 0 Å². The second kappa shape index (κ2) is 8.59. The van der Waals surface area contributed by atoms with Crippen molar-refractivity contribution < 1.29 is 14.3 Å². The molecule has 5 heteroatoms. The van der Waals surface area contributed by atoms with E-state index in [1.54, 1.807) is 0 Å². The molecule has 0 radical (unpaired) electrons. The minimum Gasteiger partial charge on any atom is -0.494 e. The number of ether oxygens (including phenoxy) is 1. The van der Waals surface area contributed by atoms with E-state index in [2.05, 4.69) is 11.8 Å². The molecule has 1 saturated heterocycles. The van der Waals surface area contributed by atoms with E-state index in [9.17, 15) is 9.59 Å². The van der Waals surface area contributed by atoms with Crippen molar-refractivity contribution in [2.75, 3.05) is 26.2 Å². The quantitative estimate of drug-likeness (QED) is 0.687. The highest BCUT2D eigenvalue weighted by atomic mass is 16.5. The van der Waals surface area contributed by atoms with Crippen LogP contribution in [-0.4, -0.2) is 47.9 Å². The van der Waals surface area contributed by atoms with Gasteiger partial charge in [-0.05, 0) is 49.3 Å². The van der Waals surface area contributed by atoms with Gasteiger partial charge in [-0.3, -0.25) is 14.5 Å². The van der Waals surface area contributed by atoms with Gasteiger partial charge in [0.25, 0.3) is 11.8 Å². The minimum absolute atomic E-state index is 0.142. The Bertz CT molecular complexity index is 716. The lowest BCUT2D eigenvalue weighted by atomic mass is 10.0. The number of piperidine rings is 1. The number of hydrogen-bond donors (Lipinski definition) is 0. The topological polar surface area (TPSA) is 49.9 Å². The number of amides is 2. The first-order valence-corrected chi connectivity index (χ1v) is 10.1. The fourth-order valence-electron chi connectivity index (χ4n) is 3.70. The zero-order valence-corrected chi connectivity index (χ0v) is 16.7. The average Bonchev–Trinajstić information content (AvgIpc) is 2.92. The highest BCUT2D eigenvalue weighted by molar-refractivity contribution is 6.35. The predicted molar refractivity (Wildman–Crippen MR) is 106 cm³/mol. The Morgan fingerprint density at radius 1 is 1.00 bits per heavy atom. The van der Waals surface area contributed by atoms with E-state index < -0.39 is 0 Å². The first-order valence-electron chi connectivity index (χ1n) is 10.1. The number of carbonyl (C=O) groups excluding carboxylic acids is 2. The van der Waals surface area contributed by atoms with Gasteiger partial charge in [-0.15, -0.1) is 0 Å². The molecule has 2 heterocycles. The van der Waals surface area contributed by atoms with Gasteiger partial charge >= 0.3 is 0 Å². The normalized spacial score (nSPS) is 18.1. The van der Waals surface area contributed by atoms with Crippen molar-refractivity contribution in [3.63, 3.8) is 0 Å². The molecule has 1 fully saturated rings. The molecule has 0 unspecified atom stereocenters. The maximum Gasteiger partial charge on any atom is 0.277 e. The molecule has 2 aliphatic rings. The van der Waals surface area contributed by atoms with Gasteiger partial charge in [0.05, 0.1) is 12.2 Å². The number of hydrogen-bond acceptors (Lipinski definition) is 4. The summed E-state index contributed by atoms with van der Waals surface area (Å²) in [6.45, 7) is 8.92. The third-order valence-corrected chi connectivity index (χ3v) is 4.98. The summed E-state index contributed by atoms with van der Waals surface area (Å²) < 4.78 is 5.65. The van der Waals surface area contributed by atoms with Crippen LogP contribution in [0.15, 0.2) is 30.0 Å². The van der Waals surface area contributed by atoms with Crippen molar-refractivity contribution in [2.45, 2.75) is 46.5 Å². The summed E-state index contributed by atoms with van der Waals surface area (Å²) in [4.78, 5) is 29.8. The van der Waals surface area contributed by atoms with E-state index >= 15 is 0 Å². The molecule has 0 bridgehead atoms. The summed E-state index contributed by atoms with van der Waals surface area (Å²) in [7, 11) is 0. The maximum absolute atomic E-state index is 13.2. The van der Waals surface area contributed by atoms with E-state index in [-0.39, 0.29) is 17.7 Å². The molecule has 27 heavy (non-hydrogen) atoms. The van der Waals surface area contributed by atoms with Gasteiger partial charge in [0.15, 0.2) is 0 Å². The SMILES string of the molecule is CCCOc1ccc(C2=C(N3CCCCC3)C(=O)N(CC(C)C)C2=O)cc1. The summed E-state index contributed by atoms with van der Waals surface area (Å²) in [6, 6.07) is 7.56. The monoisotopic (exact) mass is 370 g/mol. The molecule has 2 aliphatic heterocycles. The Balaban J connectivity index is 1.96.